The fraction of sp³-hybridized carbons (Fsp3) is 0.389. The zero-order chi connectivity index (χ0) is 15.5. The fourth-order valence-electron chi connectivity index (χ4n) is 2.14. The zero-order valence-electron chi connectivity index (χ0n) is 12.7. The van der Waals surface area contributed by atoms with Gasteiger partial charge in [-0.1, -0.05) is 48.6 Å². The summed E-state index contributed by atoms with van der Waals surface area (Å²) >= 11 is 0. The van der Waals surface area contributed by atoms with Crippen molar-refractivity contribution in [3.8, 4) is 0 Å². The lowest BCUT2D eigenvalue weighted by molar-refractivity contribution is -0.116. The summed E-state index contributed by atoms with van der Waals surface area (Å²) in [5.74, 6) is 0.390. The van der Waals surface area contributed by atoms with Crippen LogP contribution in [0, 0.1) is 5.92 Å². The van der Waals surface area contributed by atoms with Gasteiger partial charge in [0, 0.05) is 25.1 Å². The summed E-state index contributed by atoms with van der Waals surface area (Å²) in [6.45, 7) is 3.37. The molecule has 0 radical (unpaired) electrons. The maximum absolute atomic E-state index is 11.6. The van der Waals surface area contributed by atoms with Gasteiger partial charge in [0.2, 0.25) is 5.91 Å². The molecule has 1 amide bonds. The van der Waals surface area contributed by atoms with E-state index in [0.717, 1.165) is 25.2 Å². The third-order valence-corrected chi connectivity index (χ3v) is 3.41. The Bertz CT molecular complexity index is 490. The number of hydrogen-bond acceptors (Lipinski definition) is 3. The van der Waals surface area contributed by atoms with E-state index in [2.05, 4.69) is 5.32 Å². The van der Waals surface area contributed by atoms with Gasteiger partial charge >= 0.3 is 0 Å². The standard InChI is InChI=1S/C18H23NO3/c20-18(19-13-17-10-12-22-15-17)9-5-2-6-11-21-14-16-7-3-1-4-8-16/h1-9,17H,10-15H2,(H,19,20). The van der Waals surface area contributed by atoms with Crippen LogP contribution in [0.3, 0.4) is 0 Å². The van der Waals surface area contributed by atoms with E-state index >= 15 is 0 Å². The van der Waals surface area contributed by atoms with Crippen LogP contribution in [0.25, 0.3) is 0 Å². The summed E-state index contributed by atoms with van der Waals surface area (Å²) in [5, 5.41) is 2.88. The summed E-state index contributed by atoms with van der Waals surface area (Å²) in [6.07, 6.45) is 8.00. The van der Waals surface area contributed by atoms with Crippen LogP contribution >= 0.6 is 0 Å². The van der Waals surface area contributed by atoms with Crippen LogP contribution in [0.15, 0.2) is 54.6 Å². The van der Waals surface area contributed by atoms with Crippen LogP contribution in [0.2, 0.25) is 0 Å². The lowest BCUT2D eigenvalue weighted by Crippen LogP contribution is -2.27. The topological polar surface area (TPSA) is 47.6 Å². The maximum atomic E-state index is 11.6. The van der Waals surface area contributed by atoms with E-state index in [4.69, 9.17) is 9.47 Å². The molecule has 22 heavy (non-hydrogen) atoms. The molecule has 1 N–H and O–H groups in total. The number of amides is 1. The molecule has 1 heterocycles. The molecule has 0 saturated carbocycles. The Morgan fingerprint density at radius 3 is 2.95 bits per heavy atom. The molecule has 1 aromatic rings. The largest absolute Gasteiger partial charge is 0.381 e. The highest BCUT2D eigenvalue weighted by Gasteiger charge is 2.15. The minimum Gasteiger partial charge on any atom is -0.381 e. The monoisotopic (exact) mass is 301 g/mol. The predicted octanol–water partition coefficient (Wildman–Crippen LogP) is 2.47. The predicted molar refractivity (Wildman–Crippen MR) is 86.3 cm³/mol. The summed E-state index contributed by atoms with van der Waals surface area (Å²) < 4.78 is 10.8. The summed E-state index contributed by atoms with van der Waals surface area (Å²) in [5.41, 5.74) is 1.15. The molecular formula is C18H23NO3. The van der Waals surface area contributed by atoms with Gasteiger partial charge in [-0.25, -0.2) is 0 Å². The zero-order valence-corrected chi connectivity index (χ0v) is 12.7. The van der Waals surface area contributed by atoms with Crippen molar-refractivity contribution in [3.05, 3.63) is 60.2 Å². The van der Waals surface area contributed by atoms with Gasteiger partial charge in [0.1, 0.15) is 0 Å². The van der Waals surface area contributed by atoms with Crippen molar-refractivity contribution in [3.63, 3.8) is 0 Å². The molecule has 1 saturated heterocycles. The molecule has 0 spiro atoms. The number of ether oxygens (including phenoxy) is 2. The first-order valence-corrected chi connectivity index (χ1v) is 7.65. The van der Waals surface area contributed by atoms with E-state index in [1.807, 2.05) is 42.5 Å². The van der Waals surface area contributed by atoms with Crippen LogP contribution in [0.4, 0.5) is 0 Å². The molecular weight excluding hydrogens is 278 g/mol. The molecule has 0 aromatic heterocycles. The second-order valence-electron chi connectivity index (χ2n) is 5.26. The first kappa shape index (κ1) is 16.5. The Morgan fingerprint density at radius 1 is 1.32 bits per heavy atom. The minimum atomic E-state index is -0.0678. The average molecular weight is 301 g/mol. The number of rotatable bonds is 8. The molecule has 118 valence electrons. The van der Waals surface area contributed by atoms with Crippen molar-refractivity contribution in [2.75, 3.05) is 26.4 Å². The lowest BCUT2D eigenvalue weighted by atomic mass is 10.1. The molecule has 2 rings (SSSR count). The first-order valence-electron chi connectivity index (χ1n) is 7.65. The molecule has 0 aliphatic carbocycles. The molecule has 1 aliphatic heterocycles. The maximum Gasteiger partial charge on any atom is 0.243 e. The Morgan fingerprint density at radius 2 is 2.18 bits per heavy atom. The number of carbonyl (C=O) groups excluding carboxylic acids is 1. The third kappa shape index (κ3) is 6.70. The highest BCUT2D eigenvalue weighted by atomic mass is 16.5. The van der Waals surface area contributed by atoms with Crippen LogP contribution in [0.1, 0.15) is 12.0 Å². The number of carbonyl (C=O) groups is 1. The van der Waals surface area contributed by atoms with Crippen LogP contribution in [-0.4, -0.2) is 32.3 Å². The average Bonchev–Trinajstić information content (AvgIpc) is 3.06. The molecule has 1 aromatic carbocycles. The van der Waals surface area contributed by atoms with Gasteiger partial charge in [-0.3, -0.25) is 4.79 Å². The van der Waals surface area contributed by atoms with Gasteiger partial charge in [-0.2, -0.15) is 0 Å². The van der Waals surface area contributed by atoms with Gasteiger partial charge in [0.25, 0.3) is 0 Å². The van der Waals surface area contributed by atoms with Crippen molar-refractivity contribution in [1.29, 1.82) is 0 Å². The molecule has 4 nitrogen and oxygen atoms in total. The minimum absolute atomic E-state index is 0.0678. The van der Waals surface area contributed by atoms with Gasteiger partial charge in [0.15, 0.2) is 0 Å². The van der Waals surface area contributed by atoms with E-state index in [1.54, 1.807) is 6.08 Å². The van der Waals surface area contributed by atoms with E-state index in [-0.39, 0.29) is 5.91 Å². The van der Waals surface area contributed by atoms with E-state index in [1.165, 1.54) is 6.08 Å². The Balaban J connectivity index is 1.53. The molecule has 1 aliphatic rings. The number of nitrogens with one attached hydrogen (secondary N) is 1. The van der Waals surface area contributed by atoms with Crippen LogP contribution < -0.4 is 5.32 Å². The van der Waals surface area contributed by atoms with E-state index < -0.39 is 0 Å². The molecule has 0 bridgehead atoms. The number of benzene rings is 1. The molecule has 1 fully saturated rings. The summed E-state index contributed by atoms with van der Waals surface area (Å²) in [7, 11) is 0. The van der Waals surface area contributed by atoms with E-state index in [0.29, 0.717) is 25.7 Å². The normalized spacial score (nSPS) is 18.3. The van der Waals surface area contributed by atoms with Crippen molar-refractivity contribution < 1.29 is 14.3 Å². The highest BCUT2D eigenvalue weighted by molar-refractivity contribution is 5.87. The summed E-state index contributed by atoms with van der Waals surface area (Å²) in [6, 6.07) is 10.0. The van der Waals surface area contributed by atoms with Crippen molar-refractivity contribution in [2.45, 2.75) is 13.0 Å². The van der Waals surface area contributed by atoms with Crippen molar-refractivity contribution >= 4 is 5.91 Å². The Kier molecular flexibility index (Phi) is 7.43. The molecule has 4 heteroatoms. The Labute approximate surface area is 131 Å². The Hall–Kier alpha value is -1.91. The fourth-order valence-corrected chi connectivity index (χ4v) is 2.14. The van der Waals surface area contributed by atoms with Gasteiger partial charge in [-0.15, -0.1) is 0 Å². The second kappa shape index (κ2) is 9.92. The first-order chi connectivity index (χ1) is 10.8. The van der Waals surface area contributed by atoms with Crippen molar-refractivity contribution in [1.82, 2.24) is 5.32 Å². The van der Waals surface area contributed by atoms with Crippen LogP contribution in [0.5, 0.6) is 0 Å². The van der Waals surface area contributed by atoms with Crippen molar-refractivity contribution in [2.24, 2.45) is 5.92 Å². The number of hydrogen-bond donors (Lipinski definition) is 1. The molecule has 1 unspecified atom stereocenters. The quantitative estimate of drug-likeness (QED) is 0.456. The van der Waals surface area contributed by atoms with Gasteiger partial charge < -0.3 is 14.8 Å². The second-order valence-corrected chi connectivity index (χ2v) is 5.26. The summed E-state index contributed by atoms with van der Waals surface area (Å²) in [4.78, 5) is 11.6. The number of allylic oxidation sites excluding steroid dienone is 2. The third-order valence-electron chi connectivity index (χ3n) is 3.41. The van der Waals surface area contributed by atoms with Crippen LogP contribution in [-0.2, 0) is 20.9 Å². The molecule has 1 atom stereocenters. The van der Waals surface area contributed by atoms with Gasteiger partial charge in [0.05, 0.1) is 19.8 Å². The highest BCUT2D eigenvalue weighted by Crippen LogP contribution is 2.10. The SMILES string of the molecule is O=C(C=CC=CCOCc1ccccc1)NCC1CCOC1. The smallest absolute Gasteiger partial charge is 0.243 e. The van der Waals surface area contributed by atoms with Gasteiger partial charge in [-0.05, 0) is 12.0 Å². The lowest BCUT2D eigenvalue weighted by Gasteiger charge is -2.06. The van der Waals surface area contributed by atoms with E-state index in [9.17, 15) is 4.79 Å².